The van der Waals surface area contributed by atoms with E-state index in [0.717, 1.165) is 36.3 Å². The first kappa shape index (κ1) is 18.1. The summed E-state index contributed by atoms with van der Waals surface area (Å²) in [6.07, 6.45) is 2.47. The molecule has 0 fully saturated rings. The van der Waals surface area contributed by atoms with Crippen LogP contribution < -0.4 is 10.6 Å². The van der Waals surface area contributed by atoms with Crippen molar-refractivity contribution in [2.24, 2.45) is 0 Å². The van der Waals surface area contributed by atoms with Crippen LogP contribution in [0.25, 0.3) is 0 Å². The molecule has 0 spiro atoms. The van der Waals surface area contributed by atoms with Crippen LogP contribution in [0.15, 0.2) is 54.6 Å². The van der Waals surface area contributed by atoms with Crippen LogP contribution in [0, 0.1) is 0 Å². The molecule has 2 rings (SSSR count). The number of amides is 1. The van der Waals surface area contributed by atoms with Crippen LogP contribution >= 0.6 is 12.4 Å². The molecule has 0 aromatic heterocycles. The van der Waals surface area contributed by atoms with Crippen molar-refractivity contribution in [3.05, 3.63) is 60.2 Å². The smallest absolute Gasteiger partial charge is 0.231 e. The number of nitrogens with two attached hydrogens (primary N) is 1. The van der Waals surface area contributed by atoms with Gasteiger partial charge < -0.3 is 10.6 Å². The second-order valence-electron chi connectivity index (χ2n) is 5.15. The van der Waals surface area contributed by atoms with E-state index in [1.807, 2.05) is 59.5 Å². The molecular weight excluding hydrogens is 296 g/mol. The fraction of sp³-hybridized carbons (Fsp3) is 0.278. The maximum Gasteiger partial charge on any atom is 0.231 e. The van der Waals surface area contributed by atoms with E-state index in [2.05, 4.69) is 6.92 Å². The molecule has 0 heterocycles. The highest BCUT2D eigenvalue weighted by atomic mass is 35.5. The summed E-state index contributed by atoms with van der Waals surface area (Å²) >= 11 is 0. The van der Waals surface area contributed by atoms with Gasteiger partial charge in [0.15, 0.2) is 0 Å². The predicted octanol–water partition coefficient (Wildman–Crippen LogP) is 4.07. The first-order valence-electron chi connectivity index (χ1n) is 7.40. The zero-order chi connectivity index (χ0) is 15.1. The number of anilines is 2. The molecule has 2 aromatic rings. The van der Waals surface area contributed by atoms with E-state index in [4.69, 9.17) is 5.73 Å². The van der Waals surface area contributed by atoms with Crippen LogP contribution in [0.1, 0.15) is 25.3 Å². The summed E-state index contributed by atoms with van der Waals surface area (Å²) in [7, 11) is 0. The fourth-order valence-corrected chi connectivity index (χ4v) is 2.23. The highest BCUT2D eigenvalue weighted by Gasteiger charge is 2.15. The topological polar surface area (TPSA) is 46.3 Å². The number of hydrogen-bond acceptors (Lipinski definition) is 2. The Morgan fingerprint density at radius 1 is 1.05 bits per heavy atom. The van der Waals surface area contributed by atoms with Crippen molar-refractivity contribution in [2.75, 3.05) is 17.2 Å². The van der Waals surface area contributed by atoms with E-state index in [1.54, 1.807) is 0 Å². The summed E-state index contributed by atoms with van der Waals surface area (Å²) in [5, 5.41) is 0. The lowest BCUT2D eigenvalue weighted by Gasteiger charge is -2.23. The molecule has 4 heteroatoms. The predicted molar refractivity (Wildman–Crippen MR) is 95.5 cm³/mol. The Morgan fingerprint density at radius 3 is 2.27 bits per heavy atom. The number of carbonyl (C=O) groups excluding carboxylic acids is 1. The Labute approximate surface area is 138 Å². The first-order chi connectivity index (χ1) is 10.2. The Morgan fingerprint density at radius 2 is 1.68 bits per heavy atom. The zero-order valence-electron chi connectivity index (χ0n) is 12.9. The molecule has 0 atom stereocenters. The summed E-state index contributed by atoms with van der Waals surface area (Å²) in [6, 6.07) is 17.4. The lowest BCUT2D eigenvalue weighted by atomic mass is 10.1. The lowest BCUT2D eigenvalue weighted by Crippen LogP contribution is -2.33. The second kappa shape index (κ2) is 9.11. The molecule has 0 radical (unpaired) electrons. The summed E-state index contributed by atoms with van der Waals surface area (Å²) in [5.41, 5.74) is 8.35. The summed E-state index contributed by atoms with van der Waals surface area (Å²) < 4.78 is 0. The van der Waals surface area contributed by atoms with Crippen molar-refractivity contribution in [1.29, 1.82) is 0 Å². The van der Waals surface area contributed by atoms with Gasteiger partial charge in [-0.1, -0.05) is 43.7 Å². The summed E-state index contributed by atoms with van der Waals surface area (Å²) in [5.74, 6) is 0.124. The third kappa shape index (κ3) is 5.08. The number of carbonyl (C=O) groups is 1. The highest BCUT2D eigenvalue weighted by molar-refractivity contribution is 5.94. The quantitative estimate of drug-likeness (QED) is 0.816. The van der Waals surface area contributed by atoms with Gasteiger partial charge >= 0.3 is 0 Å². The van der Waals surface area contributed by atoms with Crippen LogP contribution in [0.4, 0.5) is 11.4 Å². The molecule has 2 N–H and O–H groups in total. The number of para-hydroxylation sites is 1. The molecule has 118 valence electrons. The number of nitrogen functional groups attached to an aromatic ring is 1. The number of nitrogens with zero attached hydrogens (tertiary/aromatic N) is 1. The third-order valence-electron chi connectivity index (χ3n) is 3.44. The molecule has 0 aliphatic rings. The van der Waals surface area contributed by atoms with Crippen molar-refractivity contribution in [1.82, 2.24) is 0 Å². The standard InChI is InChI=1S/C18H22N2O.ClH/c1-2-3-13-20(17-7-5-4-6-8-17)18(21)14-15-9-11-16(19)12-10-15;/h4-12H,2-3,13-14,19H2,1H3;1H. The Bertz CT molecular complexity index is 569. The number of hydrogen-bond donors (Lipinski definition) is 1. The van der Waals surface area contributed by atoms with Crippen LogP contribution in [-0.4, -0.2) is 12.5 Å². The molecule has 1 amide bonds. The molecule has 22 heavy (non-hydrogen) atoms. The number of unbranched alkanes of at least 4 members (excludes halogenated alkanes) is 1. The third-order valence-corrected chi connectivity index (χ3v) is 3.44. The van der Waals surface area contributed by atoms with Crippen LogP contribution in [0.2, 0.25) is 0 Å². The fourth-order valence-electron chi connectivity index (χ4n) is 2.23. The van der Waals surface area contributed by atoms with Crippen LogP contribution in [0.5, 0.6) is 0 Å². The van der Waals surface area contributed by atoms with Gasteiger partial charge in [0.1, 0.15) is 0 Å². The van der Waals surface area contributed by atoms with E-state index in [0.29, 0.717) is 6.42 Å². The molecular formula is C18H23ClN2O. The SMILES string of the molecule is CCCCN(C(=O)Cc1ccc(N)cc1)c1ccccc1.Cl. The van der Waals surface area contributed by atoms with Gasteiger partial charge in [-0.05, 0) is 36.2 Å². The molecule has 0 aliphatic heterocycles. The molecule has 0 unspecified atom stereocenters. The maximum absolute atomic E-state index is 12.6. The van der Waals surface area contributed by atoms with Crippen molar-refractivity contribution in [3.8, 4) is 0 Å². The number of benzene rings is 2. The largest absolute Gasteiger partial charge is 0.399 e. The molecule has 0 bridgehead atoms. The minimum Gasteiger partial charge on any atom is -0.399 e. The summed E-state index contributed by atoms with van der Waals surface area (Å²) in [6.45, 7) is 2.89. The minimum atomic E-state index is 0. The average Bonchev–Trinajstić information content (AvgIpc) is 2.51. The Hall–Kier alpha value is -2.00. The Balaban J connectivity index is 0.00000242. The summed E-state index contributed by atoms with van der Waals surface area (Å²) in [4.78, 5) is 14.5. The maximum atomic E-state index is 12.6. The van der Waals surface area contributed by atoms with E-state index >= 15 is 0 Å². The highest BCUT2D eigenvalue weighted by Crippen LogP contribution is 2.16. The van der Waals surface area contributed by atoms with Gasteiger partial charge in [-0.25, -0.2) is 0 Å². The number of rotatable bonds is 6. The molecule has 3 nitrogen and oxygen atoms in total. The zero-order valence-corrected chi connectivity index (χ0v) is 13.7. The molecule has 0 aliphatic carbocycles. The molecule has 0 saturated heterocycles. The van der Waals surface area contributed by atoms with Crippen molar-refractivity contribution in [2.45, 2.75) is 26.2 Å². The van der Waals surface area contributed by atoms with Gasteiger partial charge in [0.2, 0.25) is 5.91 Å². The second-order valence-corrected chi connectivity index (χ2v) is 5.15. The van der Waals surface area contributed by atoms with Gasteiger partial charge in [0, 0.05) is 17.9 Å². The van der Waals surface area contributed by atoms with E-state index in [-0.39, 0.29) is 18.3 Å². The van der Waals surface area contributed by atoms with Gasteiger partial charge in [-0.2, -0.15) is 0 Å². The van der Waals surface area contributed by atoms with Gasteiger partial charge in [0.05, 0.1) is 6.42 Å². The van der Waals surface area contributed by atoms with E-state index < -0.39 is 0 Å². The van der Waals surface area contributed by atoms with Gasteiger partial charge in [-0.3, -0.25) is 4.79 Å². The van der Waals surface area contributed by atoms with Crippen molar-refractivity contribution >= 4 is 29.7 Å². The Kier molecular flexibility index (Phi) is 7.47. The van der Waals surface area contributed by atoms with Crippen LogP contribution in [0.3, 0.4) is 0 Å². The van der Waals surface area contributed by atoms with Crippen molar-refractivity contribution in [3.63, 3.8) is 0 Å². The van der Waals surface area contributed by atoms with Gasteiger partial charge in [-0.15, -0.1) is 12.4 Å². The van der Waals surface area contributed by atoms with Gasteiger partial charge in [0.25, 0.3) is 0 Å². The molecule has 2 aromatic carbocycles. The first-order valence-corrected chi connectivity index (χ1v) is 7.40. The van der Waals surface area contributed by atoms with E-state index in [1.165, 1.54) is 0 Å². The van der Waals surface area contributed by atoms with Crippen molar-refractivity contribution < 1.29 is 4.79 Å². The normalized spacial score (nSPS) is 9.86. The lowest BCUT2D eigenvalue weighted by molar-refractivity contribution is -0.118. The monoisotopic (exact) mass is 318 g/mol. The minimum absolute atomic E-state index is 0. The average molecular weight is 319 g/mol. The number of halogens is 1. The molecule has 0 saturated carbocycles. The van der Waals surface area contributed by atoms with Crippen LogP contribution in [-0.2, 0) is 11.2 Å². The van der Waals surface area contributed by atoms with E-state index in [9.17, 15) is 4.79 Å².